The molecule has 0 aliphatic carbocycles. The zero-order chi connectivity index (χ0) is 20.8. The standard InChI is InChI=1S/C21H18N2O6/c1-13(24)22-20-17(25)8-3-9-18(20)28-10-4-6-14-5-2-7-15(11-14)19-12-16(21(26)27)23-29-19/h2-9,11-12,25H,10H2,1H3,(H,22,24)(H,26,27). The number of aromatic nitrogens is 1. The van der Waals surface area contributed by atoms with Gasteiger partial charge < -0.3 is 24.8 Å². The van der Waals surface area contributed by atoms with E-state index in [1.165, 1.54) is 19.1 Å². The minimum Gasteiger partial charge on any atom is -0.506 e. The highest BCUT2D eigenvalue weighted by molar-refractivity contribution is 5.92. The Balaban J connectivity index is 1.68. The Labute approximate surface area is 166 Å². The number of nitrogens with one attached hydrogen (secondary N) is 1. The number of hydrogen-bond acceptors (Lipinski definition) is 6. The molecule has 0 bridgehead atoms. The summed E-state index contributed by atoms with van der Waals surface area (Å²) in [5.74, 6) is -0.849. The zero-order valence-electron chi connectivity index (χ0n) is 15.5. The largest absolute Gasteiger partial charge is 0.506 e. The van der Waals surface area contributed by atoms with E-state index in [0.717, 1.165) is 5.56 Å². The van der Waals surface area contributed by atoms with E-state index < -0.39 is 5.97 Å². The normalized spacial score (nSPS) is 10.8. The van der Waals surface area contributed by atoms with Crippen LogP contribution in [0.3, 0.4) is 0 Å². The van der Waals surface area contributed by atoms with Crippen molar-refractivity contribution in [1.29, 1.82) is 0 Å². The van der Waals surface area contributed by atoms with E-state index in [2.05, 4.69) is 10.5 Å². The average molecular weight is 394 g/mol. The molecular weight excluding hydrogens is 376 g/mol. The second-order valence-corrected chi connectivity index (χ2v) is 6.05. The van der Waals surface area contributed by atoms with Crippen molar-refractivity contribution >= 4 is 23.6 Å². The number of benzene rings is 2. The highest BCUT2D eigenvalue weighted by Crippen LogP contribution is 2.33. The molecule has 3 N–H and O–H groups in total. The molecule has 148 valence electrons. The third-order valence-corrected chi connectivity index (χ3v) is 3.85. The fourth-order valence-corrected chi connectivity index (χ4v) is 2.57. The zero-order valence-corrected chi connectivity index (χ0v) is 15.5. The van der Waals surface area contributed by atoms with Gasteiger partial charge in [0.05, 0.1) is 0 Å². The molecule has 3 aromatic rings. The summed E-state index contributed by atoms with van der Waals surface area (Å²) in [6.45, 7) is 1.54. The molecule has 0 radical (unpaired) electrons. The van der Waals surface area contributed by atoms with Crippen LogP contribution in [0.25, 0.3) is 17.4 Å². The van der Waals surface area contributed by atoms with E-state index in [0.29, 0.717) is 17.1 Å². The van der Waals surface area contributed by atoms with Crippen LogP contribution >= 0.6 is 0 Å². The molecule has 0 unspecified atom stereocenters. The summed E-state index contributed by atoms with van der Waals surface area (Å²) in [5, 5.41) is 24.9. The number of carbonyl (C=O) groups is 2. The molecule has 3 rings (SSSR count). The van der Waals surface area contributed by atoms with Gasteiger partial charge in [-0.25, -0.2) is 4.79 Å². The molecule has 2 aromatic carbocycles. The summed E-state index contributed by atoms with van der Waals surface area (Å²) in [6.07, 6.45) is 3.59. The Kier molecular flexibility index (Phi) is 5.94. The number of carboxylic acid groups (broad SMARTS) is 1. The van der Waals surface area contributed by atoms with E-state index in [9.17, 15) is 14.7 Å². The predicted molar refractivity (Wildman–Crippen MR) is 106 cm³/mol. The second kappa shape index (κ2) is 8.75. The first-order valence-corrected chi connectivity index (χ1v) is 8.63. The van der Waals surface area contributed by atoms with Crippen molar-refractivity contribution in [2.75, 3.05) is 11.9 Å². The quantitative estimate of drug-likeness (QED) is 0.521. The number of carboxylic acids is 1. The molecule has 0 aliphatic heterocycles. The van der Waals surface area contributed by atoms with Crippen LogP contribution in [0.15, 0.2) is 59.1 Å². The van der Waals surface area contributed by atoms with Gasteiger partial charge in [0.2, 0.25) is 5.91 Å². The maximum absolute atomic E-state index is 11.3. The molecule has 0 spiro atoms. The molecule has 0 saturated heterocycles. The van der Waals surface area contributed by atoms with Gasteiger partial charge in [0.25, 0.3) is 0 Å². The number of aromatic hydroxyl groups is 1. The van der Waals surface area contributed by atoms with Crippen LogP contribution in [0.1, 0.15) is 23.0 Å². The molecule has 0 fully saturated rings. The average Bonchev–Trinajstić information content (AvgIpc) is 3.18. The van der Waals surface area contributed by atoms with E-state index in [1.54, 1.807) is 24.3 Å². The molecular formula is C21H18N2O6. The monoisotopic (exact) mass is 394 g/mol. The molecule has 29 heavy (non-hydrogen) atoms. The van der Waals surface area contributed by atoms with Gasteiger partial charge in [0, 0.05) is 18.6 Å². The predicted octanol–water partition coefficient (Wildman–Crippen LogP) is 3.80. The summed E-state index contributed by atoms with van der Waals surface area (Å²) in [6, 6.07) is 13.4. The van der Waals surface area contributed by atoms with Gasteiger partial charge in [0.1, 0.15) is 23.8 Å². The highest BCUT2D eigenvalue weighted by Gasteiger charge is 2.12. The van der Waals surface area contributed by atoms with Crippen molar-refractivity contribution in [2.24, 2.45) is 0 Å². The van der Waals surface area contributed by atoms with Gasteiger partial charge in [-0.05, 0) is 29.8 Å². The maximum atomic E-state index is 11.3. The van der Waals surface area contributed by atoms with Crippen LogP contribution in [-0.2, 0) is 4.79 Å². The number of aromatic carboxylic acids is 1. The summed E-state index contributed by atoms with van der Waals surface area (Å²) in [7, 11) is 0. The van der Waals surface area contributed by atoms with Crippen molar-refractivity contribution in [1.82, 2.24) is 5.16 Å². The molecule has 0 saturated carbocycles. The van der Waals surface area contributed by atoms with Crippen LogP contribution < -0.4 is 10.1 Å². The number of ether oxygens (including phenoxy) is 1. The summed E-state index contributed by atoms with van der Waals surface area (Å²) < 4.78 is 10.7. The Morgan fingerprint density at radius 2 is 2.00 bits per heavy atom. The summed E-state index contributed by atoms with van der Waals surface area (Å²) in [5.41, 5.74) is 1.59. The number of para-hydroxylation sites is 1. The molecule has 8 nitrogen and oxygen atoms in total. The summed E-state index contributed by atoms with van der Waals surface area (Å²) >= 11 is 0. The summed E-state index contributed by atoms with van der Waals surface area (Å²) in [4.78, 5) is 22.2. The van der Waals surface area contributed by atoms with Crippen molar-refractivity contribution < 1.29 is 29.1 Å². The van der Waals surface area contributed by atoms with Crippen molar-refractivity contribution in [3.8, 4) is 22.8 Å². The van der Waals surface area contributed by atoms with Gasteiger partial charge in [-0.2, -0.15) is 0 Å². The minimum atomic E-state index is -1.15. The smallest absolute Gasteiger partial charge is 0.358 e. The Morgan fingerprint density at radius 1 is 1.21 bits per heavy atom. The Bertz CT molecular complexity index is 1070. The number of hydrogen-bond donors (Lipinski definition) is 3. The first-order valence-electron chi connectivity index (χ1n) is 8.63. The number of amides is 1. The number of anilines is 1. The number of phenols is 1. The van der Waals surface area contributed by atoms with E-state index in [4.69, 9.17) is 14.4 Å². The lowest BCUT2D eigenvalue weighted by molar-refractivity contribution is -0.114. The Morgan fingerprint density at radius 3 is 2.72 bits per heavy atom. The molecule has 0 aliphatic rings. The first-order chi connectivity index (χ1) is 13.9. The lowest BCUT2D eigenvalue weighted by Gasteiger charge is -2.11. The number of nitrogens with zero attached hydrogens (tertiary/aromatic N) is 1. The number of carbonyl (C=O) groups excluding carboxylic acids is 1. The van der Waals surface area contributed by atoms with E-state index in [-0.39, 0.29) is 29.6 Å². The van der Waals surface area contributed by atoms with Crippen LogP contribution in [0.2, 0.25) is 0 Å². The fraction of sp³-hybridized carbons (Fsp3) is 0.0952. The first kappa shape index (κ1) is 19.7. The van der Waals surface area contributed by atoms with Crippen LogP contribution in [-0.4, -0.2) is 33.9 Å². The van der Waals surface area contributed by atoms with Gasteiger partial charge in [-0.3, -0.25) is 4.79 Å². The van der Waals surface area contributed by atoms with Crippen molar-refractivity contribution in [3.05, 3.63) is 65.9 Å². The van der Waals surface area contributed by atoms with Gasteiger partial charge >= 0.3 is 5.97 Å². The van der Waals surface area contributed by atoms with Crippen LogP contribution in [0.4, 0.5) is 5.69 Å². The lowest BCUT2D eigenvalue weighted by Crippen LogP contribution is -2.08. The second-order valence-electron chi connectivity index (χ2n) is 6.05. The minimum absolute atomic E-state index is 0.0813. The molecule has 0 atom stereocenters. The van der Waals surface area contributed by atoms with Gasteiger partial charge in [-0.1, -0.05) is 35.5 Å². The SMILES string of the molecule is CC(=O)Nc1c(O)cccc1OCC=Cc1cccc(-c2cc(C(=O)O)no2)c1. The van der Waals surface area contributed by atoms with Gasteiger partial charge in [-0.15, -0.1) is 0 Å². The van der Waals surface area contributed by atoms with Crippen molar-refractivity contribution in [2.45, 2.75) is 6.92 Å². The fourth-order valence-electron chi connectivity index (χ4n) is 2.57. The molecule has 8 heteroatoms. The lowest BCUT2D eigenvalue weighted by atomic mass is 10.1. The van der Waals surface area contributed by atoms with Crippen LogP contribution in [0, 0.1) is 0 Å². The maximum Gasteiger partial charge on any atom is 0.358 e. The van der Waals surface area contributed by atoms with E-state index in [1.807, 2.05) is 24.3 Å². The molecule has 1 aromatic heterocycles. The van der Waals surface area contributed by atoms with Gasteiger partial charge in [0.15, 0.2) is 11.5 Å². The van der Waals surface area contributed by atoms with E-state index >= 15 is 0 Å². The molecule has 1 amide bonds. The third kappa shape index (κ3) is 5.01. The topological polar surface area (TPSA) is 122 Å². The number of rotatable bonds is 7. The van der Waals surface area contributed by atoms with Crippen LogP contribution in [0.5, 0.6) is 11.5 Å². The number of phenolic OH excluding ortho intramolecular Hbond substituents is 1. The third-order valence-electron chi connectivity index (χ3n) is 3.85. The highest BCUT2D eigenvalue weighted by atomic mass is 16.5. The Hall–Kier alpha value is -4.07. The molecule has 1 heterocycles. The van der Waals surface area contributed by atoms with Crippen molar-refractivity contribution in [3.63, 3.8) is 0 Å².